The van der Waals surface area contributed by atoms with Crippen molar-refractivity contribution < 1.29 is 9.90 Å². The second-order valence-electron chi connectivity index (χ2n) is 5.27. The van der Waals surface area contributed by atoms with Gasteiger partial charge >= 0.3 is 5.97 Å². The van der Waals surface area contributed by atoms with Crippen LogP contribution in [-0.4, -0.2) is 60.1 Å². The lowest BCUT2D eigenvalue weighted by Crippen LogP contribution is -2.55. The molecule has 1 N–H and O–H groups in total. The molecule has 2 bridgehead atoms. The van der Waals surface area contributed by atoms with Gasteiger partial charge in [-0.05, 0) is 12.8 Å². The van der Waals surface area contributed by atoms with Crippen molar-refractivity contribution in [3.8, 4) is 0 Å². The van der Waals surface area contributed by atoms with E-state index in [0.29, 0.717) is 0 Å². The van der Waals surface area contributed by atoms with E-state index in [2.05, 4.69) is 16.7 Å². The Labute approximate surface area is 111 Å². The molecule has 106 valence electrons. The molecule has 18 heavy (non-hydrogen) atoms. The number of unbranched alkanes of at least 4 members (excludes halogenated alkanes) is 1. The lowest BCUT2D eigenvalue weighted by Gasteiger charge is -2.41. The Balaban J connectivity index is 0.000000182. The lowest BCUT2D eigenvalue weighted by atomic mass is 10.00. The van der Waals surface area contributed by atoms with E-state index in [4.69, 9.17) is 5.11 Å². The fourth-order valence-corrected chi connectivity index (χ4v) is 2.47. The van der Waals surface area contributed by atoms with E-state index in [1.54, 1.807) is 0 Å². The van der Waals surface area contributed by atoms with Crippen molar-refractivity contribution in [2.75, 3.05) is 39.3 Å². The molecule has 0 spiro atoms. The Kier molecular flexibility index (Phi) is 7.28. The molecule has 0 aliphatic carbocycles. The molecule has 3 saturated heterocycles. The van der Waals surface area contributed by atoms with Crippen LogP contribution in [0.5, 0.6) is 0 Å². The summed E-state index contributed by atoms with van der Waals surface area (Å²) in [5, 5.41) is 8.60. The van der Waals surface area contributed by atoms with Gasteiger partial charge in [-0.3, -0.25) is 14.6 Å². The molecule has 3 heterocycles. The number of nitrogens with zero attached hydrogens (tertiary/aromatic N) is 2. The Hall–Kier alpha value is -0.610. The van der Waals surface area contributed by atoms with Crippen LogP contribution in [0.1, 0.15) is 39.5 Å². The van der Waals surface area contributed by atoms with Gasteiger partial charge < -0.3 is 5.11 Å². The Morgan fingerprint density at radius 2 is 1.50 bits per heavy atom. The maximum atomic E-state index is 10.4. The summed E-state index contributed by atoms with van der Waals surface area (Å²) in [5.41, 5.74) is 0. The Morgan fingerprint density at radius 1 is 1.06 bits per heavy atom. The molecule has 4 nitrogen and oxygen atoms in total. The summed E-state index contributed by atoms with van der Waals surface area (Å²) in [6.07, 6.45) is 3.71. The van der Waals surface area contributed by atoms with E-state index in [1.165, 1.54) is 39.3 Å². The molecular weight excluding hydrogens is 228 g/mol. The second kappa shape index (κ2) is 8.48. The van der Waals surface area contributed by atoms with Gasteiger partial charge in [-0.25, -0.2) is 0 Å². The fourth-order valence-electron chi connectivity index (χ4n) is 2.47. The van der Waals surface area contributed by atoms with Gasteiger partial charge in [-0.2, -0.15) is 0 Å². The zero-order valence-corrected chi connectivity index (χ0v) is 11.9. The van der Waals surface area contributed by atoms with Crippen LogP contribution in [0, 0.1) is 5.92 Å². The van der Waals surface area contributed by atoms with Crippen molar-refractivity contribution in [2.24, 2.45) is 5.92 Å². The predicted molar refractivity (Wildman–Crippen MR) is 73.8 cm³/mol. The van der Waals surface area contributed by atoms with Gasteiger partial charge in [0.15, 0.2) is 0 Å². The van der Waals surface area contributed by atoms with Gasteiger partial charge in [0.1, 0.15) is 0 Å². The zero-order valence-electron chi connectivity index (χ0n) is 11.9. The standard InChI is InChI=1S/C8H16O2.C6H12N2/c1-3-5-6-7(4-2)8(9)10;1-2-8-5-3-7(1)4-6-8/h7H,3-6H2,1-2H3,(H,9,10);1-6H2. The highest BCUT2D eigenvalue weighted by Gasteiger charge is 2.21. The first-order valence-electron chi connectivity index (χ1n) is 7.34. The molecule has 0 aromatic rings. The number of hydrogen-bond acceptors (Lipinski definition) is 3. The molecule has 4 heteroatoms. The molecule has 3 aliphatic rings. The number of piperazine rings is 3. The first-order valence-corrected chi connectivity index (χ1v) is 7.34. The third kappa shape index (κ3) is 5.36. The van der Waals surface area contributed by atoms with E-state index < -0.39 is 5.97 Å². The quantitative estimate of drug-likeness (QED) is 0.816. The molecule has 3 aliphatic heterocycles. The summed E-state index contributed by atoms with van der Waals surface area (Å²) in [5.74, 6) is -0.754. The Morgan fingerprint density at radius 3 is 1.72 bits per heavy atom. The van der Waals surface area contributed by atoms with Gasteiger partial charge in [-0.1, -0.05) is 26.7 Å². The summed E-state index contributed by atoms with van der Waals surface area (Å²) >= 11 is 0. The average Bonchev–Trinajstić information content (AvgIpc) is 2.42. The normalized spacial score (nSPS) is 27.2. The van der Waals surface area contributed by atoms with Crippen molar-refractivity contribution >= 4 is 5.97 Å². The third-order valence-electron chi connectivity index (χ3n) is 3.95. The predicted octanol–water partition coefficient (Wildman–Crippen LogP) is 1.90. The lowest BCUT2D eigenvalue weighted by molar-refractivity contribution is -0.142. The van der Waals surface area contributed by atoms with Crippen LogP contribution in [0.25, 0.3) is 0 Å². The third-order valence-corrected chi connectivity index (χ3v) is 3.95. The van der Waals surface area contributed by atoms with Crippen molar-refractivity contribution in [1.29, 1.82) is 0 Å². The highest BCUT2D eigenvalue weighted by molar-refractivity contribution is 5.69. The van der Waals surface area contributed by atoms with Gasteiger partial charge in [-0.15, -0.1) is 0 Å². The van der Waals surface area contributed by atoms with E-state index in [9.17, 15) is 4.79 Å². The van der Waals surface area contributed by atoms with Crippen molar-refractivity contribution in [3.63, 3.8) is 0 Å². The molecule has 0 saturated carbocycles. The summed E-state index contributed by atoms with van der Waals surface area (Å²) in [7, 11) is 0. The van der Waals surface area contributed by atoms with Crippen LogP contribution in [-0.2, 0) is 4.79 Å². The first kappa shape index (κ1) is 15.4. The van der Waals surface area contributed by atoms with Crippen LogP contribution in [0.4, 0.5) is 0 Å². The van der Waals surface area contributed by atoms with E-state index in [-0.39, 0.29) is 5.92 Å². The smallest absolute Gasteiger partial charge is 0.306 e. The minimum Gasteiger partial charge on any atom is -0.481 e. The molecule has 3 fully saturated rings. The Bertz CT molecular complexity index is 215. The highest BCUT2D eigenvalue weighted by atomic mass is 16.4. The van der Waals surface area contributed by atoms with Crippen LogP contribution in [0.15, 0.2) is 0 Å². The maximum absolute atomic E-state index is 10.4. The number of fused-ring (bicyclic) bond motifs is 3. The monoisotopic (exact) mass is 256 g/mol. The number of aliphatic carboxylic acids is 1. The topological polar surface area (TPSA) is 43.8 Å². The van der Waals surface area contributed by atoms with E-state index >= 15 is 0 Å². The first-order chi connectivity index (χ1) is 8.67. The molecule has 1 unspecified atom stereocenters. The van der Waals surface area contributed by atoms with E-state index in [1.807, 2.05) is 6.92 Å². The van der Waals surface area contributed by atoms with Gasteiger partial charge in [0.05, 0.1) is 5.92 Å². The average molecular weight is 256 g/mol. The molecule has 0 aromatic heterocycles. The second-order valence-corrected chi connectivity index (χ2v) is 5.27. The van der Waals surface area contributed by atoms with Gasteiger partial charge in [0, 0.05) is 39.3 Å². The molecule has 3 rings (SSSR count). The summed E-state index contributed by atoms with van der Waals surface area (Å²) in [6, 6.07) is 0. The van der Waals surface area contributed by atoms with Crippen LogP contribution < -0.4 is 0 Å². The molecule has 0 aromatic carbocycles. The summed E-state index contributed by atoms with van der Waals surface area (Å²) in [4.78, 5) is 15.5. The minimum atomic E-state index is -0.643. The summed E-state index contributed by atoms with van der Waals surface area (Å²) < 4.78 is 0. The number of carboxylic acids is 1. The molecule has 1 atom stereocenters. The number of rotatable bonds is 5. The van der Waals surface area contributed by atoms with Crippen molar-refractivity contribution in [2.45, 2.75) is 39.5 Å². The molecule has 0 radical (unpaired) electrons. The number of carbonyl (C=O) groups is 1. The van der Waals surface area contributed by atoms with Gasteiger partial charge in [0.2, 0.25) is 0 Å². The maximum Gasteiger partial charge on any atom is 0.306 e. The molecule has 0 amide bonds. The van der Waals surface area contributed by atoms with Crippen LogP contribution in [0.3, 0.4) is 0 Å². The minimum absolute atomic E-state index is 0.111. The highest BCUT2D eigenvalue weighted by Crippen LogP contribution is 2.11. The SMILES string of the molecule is C1CN2CCN1CC2.CCCCC(CC)C(=O)O. The van der Waals surface area contributed by atoms with E-state index in [0.717, 1.165) is 25.7 Å². The van der Waals surface area contributed by atoms with Crippen molar-refractivity contribution in [1.82, 2.24) is 9.80 Å². The van der Waals surface area contributed by atoms with Crippen molar-refractivity contribution in [3.05, 3.63) is 0 Å². The van der Waals surface area contributed by atoms with Crippen LogP contribution >= 0.6 is 0 Å². The largest absolute Gasteiger partial charge is 0.481 e. The van der Waals surface area contributed by atoms with Crippen LogP contribution in [0.2, 0.25) is 0 Å². The fraction of sp³-hybridized carbons (Fsp3) is 0.929. The van der Waals surface area contributed by atoms with Gasteiger partial charge in [0.25, 0.3) is 0 Å². The zero-order chi connectivity index (χ0) is 13.4. The summed E-state index contributed by atoms with van der Waals surface area (Å²) in [6.45, 7) is 11.9. The molecular formula is C14H28N2O2. The number of carboxylic acid groups (broad SMARTS) is 1. The number of hydrogen-bond donors (Lipinski definition) is 1.